The van der Waals surface area contributed by atoms with Gasteiger partial charge in [-0.2, -0.15) is 4.98 Å². The van der Waals surface area contributed by atoms with Gasteiger partial charge < -0.3 is 18.9 Å². The van der Waals surface area contributed by atoms with Crippen molar-refractivity contribution in [2.45, 2.75) is 40.3 Å². The molecule has 7 heteroatoms. The number of nitrogens with zero attached hydrogens (tertiary/aromatic N) is 3. The predicted octanol–water partition coefficient (Wildman–Crippen LogP) is 4.10. The molecule has 0 saturated carbocycles. The van der Waals surface area contributed by atoms with Crippen LogP contribution in [-0.2, 0) is 11.3 Å². The molecule has 3 rings (SSSR count). The summed E-state index contributed by atoms with van der Waals surface area (Å²) < 4.78 is 16.5. The third-order valence-electron chi connectivity index (χ3n) is 4.96. The second-order valence-electron chi connectivity index (χ2n) is 7.40. The molecule has 0 saturated heterocycles. The minimum atomic E-state index is -0.643. The average molecular weight is 409 g/mol. The molecule has 1 heterocycles. The first-order valence-electron chi connectivity index (χ1n) is 9.75. The topological polar surface area (TPSA) is 77.7 Å². The third kappa shape index (κ3) is 4.79. The lowest BCUT2D eigenvalue weighted by molar-refractivity contribution is -0.137. The van der Waals surface area contributed by atoms with E-state index in [9.17, 15) is 4.79 Å². The number of aromatic nitrogens is 2. The highest BCUT2D eigenvalue weighted by Gasteiger charge is 2.22. The lowest BCUT2D eigenvalue weighted by Crippen LogP contribution is -2.37. The van der Waals surface area contributed by atoms with E-state index in [4.69, 9.17) is 14.0 Å². The summed E-state index contributed by atoms with van der Waals surface area (Å²) in [6, 6.07) is 11.4. The zero-order valence-electron chi connectivity index (χ0n) is 18.2. The highest BCUT2D eigenvalue weighted by atomic mass is 16.5. The molecule has 0 radical (unpaired) electrons. The van der Waals surface area contributed by atoms with Gasteiger partial charge in [0.2, 0.25) is 11.7 Å². The van der Waals surface area contributed by atoms with E-state index in [-0.39, 0.29) is 12.5 Å². The zero-order chi connectivity index (χ0) is 21.8. The van der Waals surface area contributed by atoms with Crippen LogP contribution in [0.2, 0.25) is 0 Å². The van der Waals surface area contributed by atoms with Crippen molar-refractivity contribution in [2.24, 2.45) is 0 Å². The lowest BCUT2D eigenvalue weighted by Gasteiger charge is -2.22. The van der Waals surface area contributed by atoms with Crippen molar-refractivity contribution in [1.82, 2.24) is 15.0 Å². The second-order valence-corrected chi connectivity index (χ2v) is 7.40. The van der Waals surface area contributed by atoms with Crippen LogP contribution in [-0.4, -0.2) is 41.2 Å². The fourth-order valence-corrected chi connectivity index (χ4v) is 3.15. The van der Waals surface area contributed by atoms with Gasteiger partial charge in [0, 0.05) is 12.6 Å². The van der Waals surface area contributed by atoms with Crippen molar-refractivity contribution in [2.75, 3.05) is 14.2 Å². The fourth-order valence-electron chi connectivity index (χ4n) is 3.15. The maximum absolute atomic E-state index is 12.8. The smallest absolute Gasteiger partial charge is 0.263 e. The van der Waals surface area contributed by atoms with E-state index in [1.807, 2.05) is 51.1 Å². The molecule has 0 unspecified atom stereocenters. The first kappa shape index (κ1) is 21.4. The largest absolute Gasteiger partial charge is 0.497 e. The van der Waals surface area contributed by atoms with Gasteiger partial charge in [-0.3, -0.25) is 4.79 Å². The summed E-state index contributed by atoms with van der Waals surface area (Å²) in [6.07, 6.45) is -0.643. The van der Waals surface area contributed by atoms with Gasteiger partial charge in [0.15, 0.2) is 6.10 Å². The van der Waals surface area contributed by atoms with E-state index in [1.165, 1.54) is 4.90 Å². The first-order valence-corrected chi connectivity index (χ1v) is 9.75. The van der Waals surface area contributed by atoms with Gasteiger partial charge in [0.1, 0.15) is 11.5 Å². The molecule has 2 aromatic carbocycles. The molecule has 0 fully saturated rings. The summed E-state index contributed by atoms with van der Waals surface area (Å²) >= 11 is 0. The van der Waals surface area contributed by atoms with Crippen LogP contribution in [0.15, 0.2) is 40.9 Å². The summed E-state index contributed by atoms with van der Waals surface area (Å²) in [5.41, 5.74) is 4.04. The van der Waals surface area contributed by atoms with Gasteiger partial charge in [0.25, 0.3) is 5.91 Å². The van der Waals surface area contributed by atoms with E-state index in [1.54, 1.807) is 21.1 Å². The summed E-state index contributed by atoms with van der Waals surface area (Å²) in [6.45, 7) is 7.96. The van der Waals surface area contributed by atoms with Gasteiger partial charge in [0.05, 0.1) is 13.7 Å². The third-order valence-corrected chi connectivity index (χ3v) is 4.96. The summed E-state index contributed by atoms with van der Waals surface area (Å²) in [5.74, 6) is 2.05. The summed E-state index contributed by atoms with van der Waals surface area (Å²) in [4.78, 5) is 18.7. The Hall–Kier alpha value is -3.35. The molecule has 0 spiro atoms. The minimum Gasteiger partial charge on any atom is -0.497 e. The van der Waals surface area contributed by atoms with E-state index in [2.05, 4.69) is 16.2 Å². The second kappa shape index (κ2) is 8.98. The predicted molar refractivity (Wildman–Crippen MR) is 114 cm³/mol. The molecule has 7 nitrogen and oxygen atoms in total. The Labute approximate surface area is 176 Å². The van der Waals surface area contributed by atoms with Gasteiger partial charge in [-0.1, -0.05) is 23.4 Å². The standard InChI is InChI=1S/C23H27N3O4/c1-14-10-15(2)16(3)20(11-14)29-17(4)23(27)26(5)13-21-24-22(25-30-21)18-8-7-9-19(12-18)28-6/h7-12,17H,13H2,1-6H3/t17-/m1/s1. The van der Waals surface area contributed by atoms with Crippen LogP contribution in [0.25, 0.3) is 11.4 Å². The molecular formula is C23H27N3O4. The molecule has 158 valence electrons. The van der Waals surface area contributed by atoms with Crippen LogP contribution in [0.4, 0.5) is 0 Å². The molecule has 0 aliphatic carbocycles. The molecular weight excluding hydrogens is 382 g/mol. The molecule has 0 aliphatic rings. The van der Waals surface area contributed by atoms with E-state index >= 15 is 0 Å². The Bertz CT molecular complexity index is 1040. The highest BCUT2D eigenvalue weighted by molar-refractivity contribution is 5.80. The van der Waals surface area contributed by atoms with Crippen LogP contribution >= 0.6 is 0 Å². The van der Waals surface area contributed by atoms with Crippen molar-refractivity contribution < 1.29 is 18.8 Å². The quantitative estimate of drug-likeness (QED) is 0.585. The van der Waals surface area contributed by atoms with Gasteiger partial charge in [-0.05, 0) is 62.6 Å². The van der Waals surface area contributed by atoms with Crippen LogP contribution < -0.4 is 9.47 Å². The van der Waals surface area contributed by atoms with Gasteiger partial charge in [-0.25, -0.2) is 0 Å². The van der Waals surface area contributed by atoms with Crippen molar-refractivity contribution in [1.29, 1.82) is 0 Å². The van der Waals surface area contributed by atoms with Crippen molar-refractivity contribution >= 4 is 5.91 Å². The lowest BCUT2D eigenvalue weighted by atomic mass is 10.1. The molecule has 0 N–H and O–H groups in total. The molecule has 0 bridgehead atoms. The van der Waals surface area contributed by atoms with E-state index < -0.39 is 6.10 Å². The van der Waals surface area contributed by atoms with Crippen LogP contribution in [0.1, 0.15) is 29.5 Å². The summed E-state index contributed by atoms with van der Waals surface area (Å²) in [7, 11) is 3.29. The van der Waals surface area contributed by atoms with Gasteiger partial charge >= 0.3 is 0 Å². The average Bonchev–Trinajstić information content (AvgIpc) is 3.19. The number of benzene rings is 2. The number of ether oxygens (including phenoxy) is 2. The number of amides is 1. The Kier molecular flexibility index (Phi) is 6.40. The summed E-state index contributed by atoms with van der Waals surface area (Å²) in [5, 5.41) is 4.01. The molecule has 30 heavy (non-hydrogen) atoms. The minimum absolute atomic E-state index is 0.172. The number of carbonyl (C=O) groups excluding carboxylic acids is 1. The number of hydrogen-bond donors (Lipinski definition) is 0. The first-order chi connectivity index (χ1) is 14.3. The van der Waals surface area contributed by atoms with Crippen molar-refractivity contribution in [3.05, 3.63) is 59.0 Å². The number of likely N-dealkylation sites (N-methyl/N-ethyl adjacent to an activating group) is 1. The number of aryl methyl sites for hydroxylation is 2. The van der Waals surface area contributed by atoms with E-state index in [0.29, 0.717) is 17.5 Å². The number of carbonyl (C=O) groups is 1. The highest BCUT2D eigenvalue weighted by Crippen LogP contribution is 2.25. The maximum Gasteiger partial charge on any atom is 0.263 e. The Balaban J connectivity index is 1.66. The molecule has 1 atom stereocenters. The molecule has 1 aromatic heterocycles. The number of rotatable bonds is 7. The maximum atomic E-state index is 12.8. The Morgan fingerprint density at radius 2 is 1.97 bits per heavy atom. The van der Waals surface area contributed by atoms with Crippen molar-refractivity contribution in [3.8, 4) is 22.9 Å². The zero-order valence-corrected chi connectivity index (χ0v) is 18.2. The molecule has 1 amide bonds. The number of methoxy groups -OCH3 is 1. The monoisotopic (exact) mass is 409 g/mol. The Morgan fingerprint density at radius 3 is 2.70 bits per heavy atom. The fraction of sp³-hybridized carbons (Fsp3) is 0.348. The van der Waals surface area contributed by atoms with Gasteiger partial charge in [-0.15, -0.1) is 0 Å². The molecule has 0 aliphatic heterocycles. The molecule has 3 aromatic rings. The van der Waals surface area contributed by atoms with Crippen LogP contribution in [0.3, 0.4) is 0 Å². The SMILES string of the molecule is COc1cccc(-c2noc(CN(C)C(=O)[C@@H](C)Oc3cc(C)cc(C)c3C)n2)c1. The normalized spacial score (nSPS) is 11.8. The number of hydrogen-bond acceptors (Lipinski definition) is 6. The Morgan fingerprint density at radius 1 is 1.20 bits per heavy atom. The van der Waals surface area contributed by atoms with Crippen LogP contribution in [0.5, 0.6) is 11.5 Å². The van der Waals surface area contributed by atoms with Crippen molar-refractivity contribution in [3.63, 3.8) is 0 Å². The van der Waals surface area contributed by atoms with Crippen LogP contribution in [0, 0.1) is 20.8 Å². The van der Waals surface area contributed by atoms with E-state index in [0.717, 1.165) is 28.0 Å².